The van der Waals surface area contributed by atoms with Crippen LogP contribution in [0.2, 0.25) is 0 Å². The van der Waals surface area contributed by atoms with E-state index in [0.717, 1.165) is 99.6 Å². The van der Waals surface area contributed by atoms with E-state index in [1.807, 2.05) is 30.6 Å². The Labute approximate surface area is 378 Å². The summed E-state index contributed by atoms with van der Waals surface area (Å²) in [5.41, 5.74) is 15.4. The highest BCUT2D eigenvalue weighted by Crippen LogP contribution is 2.45. The third kappa shape index (κ3) is 5.08. The highest BCUT2D eigenvalue weighted by atomic mass is 15.1. The maximum atomic E-state index is 10.4. The van der Waals surface area contributed by atoms with Crippen LogP contribution in [0.5, 0.6) is 0 Å². The highest BCUT2D eigenvalue weighted by molar-refractivity contribution is 6.21. The van der Waals surface area contributed by atoms with Gasteiger partial charge in [0.05, 0.1) is 79.5 Å². The number of fused-ring (bicyclic) bond motifs is 12. The summed E-state index contributed by atoms with van der Waals surface area (Å²) in [5.74, 6) is 0. The third-order valence-corrected chi connectivity index (χ3v) is 13.6. The van der Waals surface area contributed by atoms with Crippen LogP contribution in [0.25, 0.3) is 121 Å². The van der Waals surface area contributed by atoms with Crippen molar-refractivity contribution >= 4 is 87.2 Å². The van der Waals surface area contributed by atoms with Gasteiger partial charge >= 0.3 is 0 Å². The Morgan fingerprint density at radius 3 is 1.12 bits per heavy atom. The number of hydrogen-bond acceptors (Lipinski definition) is 2. The predicted octanol–water partition coefficient (Wildman–Crippen LogP) is 15.0. The van der Waals surface area contributed by atoms with Crippen molar-refractivity contribution in [3.8, 4) is 39.9 Å². The molecule has 5 aromatic heterocycles. The Balaban J connectivity index is 1.13. The normalized spacial score (nSPS) is 11.9. The molecule has 0 fully saturated rings. The molecule has 0 spiro atoms. The van der Waals surface area contributed by atoms with E-state index in [9.17, 15) is 5.26 Å². The molecule has 306 valence electrons. The van der Waals surface area contributed by atoms with Crippen molar-refractivity contribution in [1.29, 1.82) is 5.26 Å². The van der Waals surface area contributed by atoms with Gasteiger partial charge in [-0.25, -0.2) is 0 Å². The van der Waals surface area contributed by atoms with E-state index in [1.54, 1.807) is 0 Å². The molecule has 0 aliphatic rings. The molecule has 5 heterocycles. The fourth-order valence-corrected chi connectivity index (χ4v) is 10.9. The number of nitrogens with zero attached hydrogens (tertiary/aromatic N) is 6. The molecule has 14 aromatic rings. The average molecular weight is 841 g/mol. The highest BCUT2D eigenvalue weighted by Gasteiger charge is 2.25. The monoisotopic (exact) mass is 840 g/mol. The Hall–Kier alpha value is -9.18. The van der Waals surface area contributed by atoms with E-state index >= 15 is 0 Å². The van der Waals surface area contributed by atoms with Gasteiger partial charge in [0.2, 0.25) is 0 Å². The van der Waals surface area contributed by atoms with E-state index in [2.05, 4.69) is 212 Å². The molecule has 0 unspecified atom stereocenters. The molecule has 6 nitrogen and oxygen atoms in total. The van der Waals surface area contributed by atoms with Crippen molar-refractivity contribution in [2.75, 3.05) is 0 Å². The Morgan fingerprint density at radius 1 is 0.318 bits per heavy atom. The zero-order valence-electron chi connectivity index (χ0n) is 35.5. The summed E-state index contributed by atoms with van der Waals surface area (Å²) in [6, 6.07) is 76.0. The van der Waals surface area contributed by atoms with Crippen molar-refractivity contribution in [1.82, 2.24) is 23.3 Å². The Kier molecular flexibility index (Phi) is 7.65. The second-order valence-electron chi connectivity index (χ2n) is 17.1. The zero-order chi connectivity index (χ0) is 43.5. The zero-order valence-corrected chi connectivity index (χ0v) is 35.5. The van der Waals surface area contributed by atoms with E-state index in [0.29, 0.717) is 5.56 Å². The van der Waals surface area contributed by atoms with Gasteiger partial charge in [0.25, 0.3) is 0 Å². The van der Waals surface area contributed by atoms with Crippen LogP contribution in [0.15, 0.2) is 219 Å². The van der Waals surface area contributed by atoms with Crippen LogP contribution >= 0.6 is 0 Å². The summed E-state index contributed by atoms with van der Waals surface area (Å²) < 4.78 is 9.54. The lowest BCUT2D eigenvalue weighted by molar-refractivity contribution is 1.09. The number of hydrogen-bond donors (Lipinski definition) is 0. The lowest BCUT2D eigenvalue weighted by Crippen LogP contribution is -2.05. The first kappa shape index (κ1) is 36.3. The standard InChI is InChI=1S/C60H36N6/c61-35-38-16-15-17-39(30-38)60-58(65-52-28-13-9-24-44(52)48-31-46-42-22-7-11-26-50(42)63(54(46)33-56(48)65)40-18-3-1-4-19-40)36-62-37-59(60)66-53-29-14-10-25-45(53)49-32-47-43-23-8-12-27-51(43)64(55(47)34-57(49)66)41-20-5-2-6-21-41/h1-34,36-37H. The number of benzene rings is 9. The quantitative estimate of drug-likeness (QED) is 0.173. The summed E-state index contributed by atoms with van der Waals surface area (Å²) in [6.45, 7) is 0. The molecule has 0 saturated carbocycles. The van der Waals surface area contributed by atoms with E-state index < -0.39 is 0 Å². The van der Waals surface area contributed by atoms with Crippen molar-refractivity contribution in [2.24, 2.45) is 0 Å². The summed E-state index contributed by atoms with van der Waals surface area (Å²) in [5, 5.41) is 19.8. The van der Waals surface area contributed by atoms with E-state index in [4.69, 9.17) is 4.98 Å². The second kappa shape index (κ2) is 13.9. The molecule has 0 bridgehead atoms. The van der Waals surface area contributed by atoms with Crippen LogP contribution in [0.1, 0.15) is 5.56 Å². The average Bonchev–Trinajstić information content (AvgIpc) is 4.09. The number of rotatable bonds is 5. The smallest absolute Gasteiger partial charge is 0.0991 e. The minimum atomic E-state index is 0.592. The first-order valence-electron chi connectivity index (χ1n) is 22.3. The topological polar surface area (TPSA) is 56.4 Å². The lowest BCUT2D eigenvalue weighted by atomic mass is 10.0. The maximum absolute atomic E-state index is 10.4. The van der Waals surface area contributed by atoms with Gasteiger partial charge < -0.3 is 18.3 Å². The van der Waals surface area contributed by atoms with Crippen LogP contribution in [-0.4, -0.2) is 23.3 Å². The van der Waals surface area contributed by atoms with Crippen LogP contribution in [0.3, 0.4) is 0 Å². The molecule has 0 atom stereocenters. The molecule has 9 aromatic carbocycles. The lowest BCUT2D eigenvalue weighted by Gasteiger charge is -2.20. The Morgan fingerprint density at radius 2 is 0.697 bits per heavy atom. The Bertz CT molecular complexity index is 4100. The molecule has 0 N–H and O–H groups in total. The van der Waals surface area contributed by atoms with Crippen molar-refractivity contribution in [2.45, 2.75) is 0 Å². The minimum absolute atomic E-state index is 0.592. The molecule has 0 saturated heterocycles. The molecule has 6 heteroatoms. The maximum Gasteiger partial charge on any atom is 0.0991 e. The predicted molar refractivity (Wildman–Crippen MR) is 272 cm³/mol. The van der Waals surface area contributed by atoms with Gasteiger partial charge in [-0.1, -0.05) is 121 Å². The molecule has 0 aliphatic heterocycles. The van der Waals surface area contributed by atoms with Gasteiger partial charge in [0.1, 0.15) is 0 Å². The molecule has 0 amide bonds. The summed E-state index contributed by atoms with van der Waals surface area (Å²) in [6.07, 6.45) is 4.00. The number of para-hydroxylation sites is 6. The molecule has 0 aliphatic carbocycles. The largest absolute Gasteiger partial charge is 0.309 e. The van der Waals surface area contributed by atoms with Crippen molar-refractivity contribution < 1.29 is 0 Å². The fourth-order valence-electron chi connectivity index (χ4n) is 10.9. The van der Waals surface area contributed by atoms with Gasteiger partial charge in [-0.3, -0.25) is 4.98 Å². The van der Waals surface area contributed by atoms with Crippen LogP contribution < -0.4 is 0 Å². The molecule has 0 radical (unpaired) electrons. The first-order chi connectivity index (χ1) is 32.7. The summed E-state index contributed by atoms with van der Waals surface area (Å²) in [4.78, 5) is 5.16. The van der Waals surface area contributed by atoms with Crippen LogP contribution in [0.4, 0.5) is 0 Å². The number of nitriles is 1. The van der Waals surface area contributed by atoms with Gasteiger partial charge in [-0.05, 0) is 90.5 Å². The van der Waals surface area contributed by atoms with Gasteiger partial charge in [0.15, 0.2) is 0 Å². The van der Waals surface area contributed by atoms with Crippen molar-refractivity contribution in [3.63, 3.8) is 0 Å². The second-order valence-corrected chi connectivity index (χ2v) is 17.1. The molecule has 14 rings (SSSR count). The fraction of sp³-hybridized carbons (Fsp3) is 0. The molecular formula is C60H36N6. The van der Waals surface area contributed by atoms with E-state index in [-0.39, 0.29) is 0 Å². The first-order valence-corrected chi connectivity index (χ1v) is 22.3. The SMILES string of the molecule is N#Cc1cccc(-c2c(-n3c4ccccc4c4cc5c6ccccc6n(-c6ccccc6)c5cc43)cncc2-n2c3ccccc3c3cc4c5ccccc5n(-c5ccccc5)c4cc32)c1. The van der Waals surface area contributed by atoms with Crippen molar-refractivity contribution in [3.05, 3.63) is 224 Å². The van der Waals surface area contributed by atoms with Gasteiger partial charge in [-0.2, -0.15) is 5.26 Å². The summed E-state index contributed by atoms with van der Waals surface area (Å²) in [7, 11) is 0. The van der Waals surface area contributed by atoms with E-state index in [1.165, 1.54) is 21.5 Å². The number of aromatic nitrogens is 5. The molecular weight excluding hydrogens is 805 g/mol. The van der Waals surface area contributed by atoms with Crippen LogP contribution in [-0.2, 0) is 0 Å². The van der Waals surface area contributed by atoms with Gasteiger partial charge in [-0.15, -0.1) is 0 Å². The third-order valence-electron chi connectivity index (χ3n) is 13.6. The summed E-state index contributed by atoms with van der Waals surface area (Å²) >= 11 is 0. The molecule has 66 heavy (non-hydrogen) atoms. The van der Waals surface area contributed by atoms with Crippen LogP contribution in [0, 0.1) is 11.3 Å². The number of pyridine rings is 1. The van der Waals surface area contributed by atoms with Gasteiger partial charge in [0, 0.05) is 60.0 Å². The minimum Gasteiger partial charge on any atom is -0.309 e.